The van der Waals surface area contributed by atoms with Gasteiger partial charge >= 0.3 is 0 Å². The van der Waals surface area contributed by atoms with Crippen molar-refractivity contribution < 1.29 is 4.79 Å². The molecule has 0 saturated carbocycles. The lowest BCUT2D eigenvalue weighted by atomic mass is 10.4. The Labute approximate surface area is 130 Å². The third-order valence-corrected chi connectivity index (χ3v) is 3.28. The molecule has 0 aliphatic carbocycles. The SMILES string of the molecule is CCNC(=O)CN(CC)c1ccc(-n2nc(C)cc2C)nn1. The molecule has 2 aromatic rings. The van der Waals surface area contributed by atoms with Crippen LogP contribution in [0.1, 0.15) is 25.2 Å². The standard InChI is InChI=1S/C15H22N6O/c1-5-16-15(22)10-20(6-2)13-7-8-14(18-17-13)21-12(4)9-11(3)19-21/h7-9H,5-6,10H2,1-4H3,(H,16,22). The van der Waals surface area contributed by atoms with Gasteiger partial charge in [-0.25, -0.2) is 4.68 Å². The van der Waals surface area contributed by atoms with Crippen LogP contribution in [0.2, 0.25) is 0 Å². The molecule has 0 fully saturated rings. The fraction of sp³-hybridized carbons (Fsp3) is 0.467. The van der Waals surface area contributed by atoms with E-state index in [2.05, 4.69) is 20.6 Å². The van der Waals surface area contributed by atoms with Gasteiger partial charge in [-0.15, -0.1) is 10.2 Å². The third kappa shape index (κ3) is 3.60. The summed E-state index contributed by atoms with van der Waals surface area (Å²) in [5.74, 6) is 1.33. The molecule has 0 bridgehead atoms. The maximum Gasteiger partial charge on any atom is 0.239 e. The van der Waals surface area contributed by atoms with Crippen molar-refractivity contribution in [3.8, 4) is 5.82 Å². The molecule has 0 saturated heterocycles. The Hall–Kier alpha value is -2.44. The number of aryl methyl sites for hydroxylation is 2. The second kappa shape index (κ2) is 7.02. The van der Waals surface area contributed by atoms with Gasteiger partial charge in [-0.1, -0.05) is 0 Å². The average Bonchev–Trinajstić information content (AvgIpc) is 2.84. The first-order valence-corrected chi connectivity index (χ1v) is 7.44. The molecule has 0 aromatic carbocycles. The van der Waals surface area contributed by atoms with Gasteiger partial charge < -0.3 is 10.2 Å². The van der Waals surface area contributed by atoms with Crippen molar-refractivity contribution >= 4 is 11.7 Å². The van der Waals surface area contributed by atoms with Gasteiger partial charge in [0.1, 0.15) is 0 Å². The normalized spacial score (nSPS) is 10.5. The minimum atomic E-state index is -0.0197. The van der Waals surface area contributed by atoms with Crippen molar-refractivity contribution in [1.29, 1.82) is 0 Å². The van der Waals surface area contributed by atoms with Gasteiger partial charge in [0.25, 0.3) is 0 Å². The van der Waals surface area contributed by atoms with Crippen molar-refractivity contribution in [2.75, 3.05) is 24.5 Å². The summed E-state index contributed by atoms with van der Waals surface area (Å²) in [6, 6.07) is 5.71. The summed E-state index contributed by atoms with van der Waals surface area (Å²) in [6.45, 7) is 9.38. The Morgan fingerprint density at radius 2 is 2.05 bits per heavy atom. The smallest absolute Gasteiger partial charge is 0.239 e. The van der Waals surface area contributed by atoms with E-state index in [1.54, 1.807) is 4.68 Å². The molecule has 2 rings (SSSR count). The van der Waals surface area contributed by atoms with Crippen LogP contribution in [0.4, 0.5) is 5.82 Å². The van der Waals surface area contributed by atoms with E-state index in [4.69, 9.17) is 0 Å². The van der Waals surface area contributed by atoms with E-state index in [9.17, 15) is 4.79 Å². The molecule has 1 amide bonds. The van der Waals surface area contributed by atoms with Crippen LogP contribution in [0.5, 0.6) is 0 Å². The lowest BCUT2D eigenvalue weighted by molar-refractivity contribution is -0.119. The number of hydrogen-bond donors (Lipinski definition) is 1. The molecule has 0 radical (unpaired) electrons. The zero-order chi connectivity index (χ0) is 16.1. The number of anilines is 1. The molecule has 0 aliphatic heterocycles. The largest absolute Gasteiger partial charge is 0.355 e. The minimum absolute atomic E-state index is 0.0197. The molecular formula is C15H22N6O. The van der Waals surface area contributed by atoms with Crippen LogP contribution in [-0.4, -0.2) is 45.5 Å². The summed E-state index contributed by atoms with van der Waals surface area (Å²) >= 11 is 0. The van der Waals surface area contributed by atoms with Crippen molar-refractivity contribution in [1.82, 2.24) is 25.3 Å². The zero-order valence-corrected chi connectivity index (χ0v) is 13.5. The number of nitrogens with one attached hydrogen (secondary N) is 1. The zero-order valence-electron chi connectivity index (χ0n) is 13.5. The van der Waals surface area contributed by atoms with Crippen LogP contribution in [0.25, 0.3) is 5.82 Å². The molecule has 118 valence electrons. The number of carbonyl (C=O) groups is 1. The Balaban J connectivity index is 2.16. The maximum absolute atomic E-state index is 11.7. The number of aromatic nitrogens is 4. The molecular weight excluding hydrogens is 280 g/mol. The number of carbonyl (C=O) groups excluding carboxylic acids is 1. The summed E-state index contributed by atoms with van der Waals surface area (Å²) in [4.78, 5) is 13.6. The Morgan fingerprint density at radius 1 is 1.27 bits per heavy atom. The van der Waals surface area contributed by atoms with Crippen molar-refractivity contribution in [3.63, 3.8) is 0 Å². The van der Waals surface area contributed by atoms with E-state index >= 15 is 0 Å². The van der Waals surface area contributed by atoms with Crippen LogP contribution in [0, 0.1) is 13.8 Å². The van der Waals surface area contributed by atoms with E-state index in [1.807, 2.05) is 50.8 Å². The second-order valence-corrected chi connectivity index (χ2v) is 5.06. The third-order valence-electron chi connectivity index (χ3n) is 3.28. The molecule has 22 heavy (non-hydrogen) atoms. The van der Waals surface area contributed by atoms with Crippen LogP contribution in [0.3, 0.4) is 0 Å². The molecule has 7 heteroatoms. The fourth-order valence-corrected chi connectivity index (χ4v) is 2.24. The first-order valence-electron chi connectivity index (χ1n) is 7.44. The predicted molar refractivity (Wildman–Crippen MR) is 85.2 cm³/mol. The first-order chi connectivity index (χ1) is 10.5. The number of rotatable bonds is 6. The predicted octanol–water partition coefficient (Wildman–Crippen LogP) is 1.24. The maximum atomic E-state index is 11.7. The lowest BCUT2D eigenvalue weighted by Gasteiger charge is -2.20. The van der Waals surface area contributed by atoms with Crippen molar-refractivity contribution in [2.45, 2.75) is 27.7 Å². The van der Waals surface area contributed by atoms with Gasteiger partial charge in [0.05, 0.1) is 12.2 Å². The highest BCUT2D eigenvalue weighted by atomic mass is 16.2. The van der Waals surface area contributed by atoms with Crippen LogP contribution >= 0.6 is 0 Å². The summed E-state index contributed by atoms with van der Waals surface area (Å²) < 4.78 is 1.76. The summed E-state index contributed by atoms with van der Waals surface area (Å²) in [6.07, 6.45) is 0. The van der Waals surface area contributed by atoms with E-state index in [-0.39, 0.29) is 12.5 Å². The van der Waals surface area contributed by atoms with Gasteiger partial charge in [0.15, 0.2) is 11.6 Å². The van der Waals surface area contributed by atoms with Gasteiger partial charge in [-0.2, -0.15) is 5.10 Å². The quantitative estimate of drug-likeness (QED) is 0.869. The van der Waals surface area contributed by atoms with Gasteiger partial charge in [0, 0.05) is 18.8 Å². The fourth-order valence-electron chi connectivity index (χ4n) is 2.24. The number of hydrogen-bond acceptors (Lipinski definition) is 5. The highest BCUT2D eigenvalue weighted by molar-refractivity contribution is 5.80. The number of amides is 1. The summed E-state index contributed by atoms with van der Waals surface area (Å²) in [5.41, 5.74) is 1.95. The first kappa shape index (κ1) is 15.9. The Kier molecular flexibility index (Phi) is 5.08. The Bertz CT molecular complexity index is 634. The van der Waals surface area contributed by atoms with Crippen LogP contribution in [-0.2, 0) is 4.79 Å². The van der Waals surface area contributed by atoms with Crippen LogP contribution < -0.4 is 10.2 Å². The molecule has 0 aliphatic rings. The van der Waals surface area contributed by atoms with Gasteiger partial charge in [-0.3, -0.25) is 4.79 Å². The van der Waals surface area contributed by atoms with Crippen LogP contribution in [0.15, 0.2) is 18.2 Å². The molecule has 7 nitrogen and oxygen atoms in total. The highest BCUT2D eigenvalue weighted by Crippen LogP contribution is 2.13. The van der Waals surface area contributed by atoms with E-state index in [0.29, 0.717) is 24.7 Å². The van der Waals surface area contributed by atoms with Gasteiger partial charge in [0.2, 0.25) is 5.91 Å². The van der Waals surface area contributed by atoms with Gasteiger partial charge in [-0.05, 0) is 45.9 Å². The van der Waals surface area contributed by atoms with E-state index < -0.39 is 0 Å². The van der Waals surface area contributed by atoms with E-state index in [0.717, 1.165) is 11.4 Å². The van der Waals surface area contributed by atoms with Crippen molar-refractivity contribution in [2.24, 2.45) is 0 Å². The molecule has 0 spiro atoms. The molecule has 2 heterocycles. The molecule has 2 aromatic heterocycles. The summed E-state index contributed by atoms with van der Waals surface area (Å²) in [5, 5.41) is 15.6. The summed E-state index contributed by atoms with van der Waals surface area (Å²) in [7, 11) is 0. The Morgan fingerprint density at radius 3 is 2.55 bits per heavy atom. The number of likely N-dealkylation sites (N-methyl/N-ethyl adjacent to an activating group) is 2. The average molecular weight is 302 g/mol. The van der Waals surface area contributed by atoms with E-state index in [1.165, 1.54) is 0 Å². The number of nitrogens with zero attached hydrogens (tertiary/aromatic N) is 5. The molecule has 0 unspecified atom stereocenters. The topological polar surface area (TPSA) is 75.9 Å². The lowest BCUT2D eigenvalue weighted by Crippen LogP contribution is -2.37. The molecule has 0 atom stereocenters. The molecule has 1 N–H and O–H groups in total. The minimum Gasteiger partial charge on any atom is -0.355 e. The van der Waals surface area contributed by atoms with Crippen molar-refractivity contribution in [3.05, 3.63) is 29.6 Å². The second-order valence-electron chi connectivity index (χ2n) is 5.06. The monoisotopic (exact) mass is 302 g/mol. The highest BCUT2D eigenvalue weighted by Gasteiger charge is 2.12.